The summed E-state index contributed by atoms with van der Waals surface area (Å²) in [6.07, 6.45) is 2.39. The normalized spacial score (nSPS) is 15.4. The number of nitrogens with one attached hydrogen (secondary N) is 1. The smallest absolute Gasteiger partial charge is 0.227 e. The number of nitrogens with zero attached hydrogens (tertiary/aromatic N) is 1. The van der Waals surface area contributed by atoms with Crippen molar-refractivity contribution in [1.29, 1.82) is 0 Å². The Labute approximate surface area is 152 Å². The predicted molar refractivity (Wildman–Crippen MR) is 98.8 cm³/mol. The third kappa shape index (κ3) is 4.86. The Morgan fingerprint density at radius 3 is 2.33 bits per heavy atom. The van der Waals surface area contributed by atoms with Crippen LogP contribution in [0.1, 0.15) is 32.3 Å². The molecule has 1 aromatic rings. The lowest BCUT2D eigenvalue weighted by atomic mass is 10.0. The molecular weight excluding hydrogens is 372 g/mol. The molecule has 1 saturated heterocycles. The van der Waals surface area contributed by atoms with Crippen molar-refractivity contribution < 1.29 is 14.3 Å². The van der Waals surface area contributed by atoms with Gasteiger partial charge in [0.1, 0.15) is 0 Å². The highest BCUT2D eigenvalue weighted by molar-refractivity contribution is 9.10. The average Bonchev–Trinajstić information content (AvgIpc) is 2.59. The minimum absolute atomic E-state index is 0.164. The van der Waals surface area contributed by atoms with Crippen molar-refractivity contribution in [2.75, 3.05) is 33.4 Å². The SMILES string of the molecule is CCOc1cc(Br)c(CC(=O)N2CCC(NC)CC2)cc1OCC. The van der Waals surface area contributed by atoms with E-state index >= 15 is 0 Å². The Hall–Kier alpha value is -1.27. The van der Waals surface area contributed by atoms with Crippen LogP contribution in [0.3, 0.4) is 0 Å². The van der Waals surface area contributed by atoms with Gasteiger partial charge in [-0.3, -0.25) is 4.79 Å². The maximum atomic E-state index is 12.6. The van der Waals surface area contributed by atoms with Gasteiger partial charge in [-0.1, -0.05) is 15.9 Å². The summed E-state index contributed by atoms with van der Waals surface area (Å²) >= 11 is 3.56. The maximum absolute atomic E-state index is 12.6. The molecule has 1 aliphatic heterocycles. The molecular formula is C18H27BrN2O3. The summed E-state index contributed by atoms with van der Waals surface area (Å²) < 4.78 is 12.2. The molecule has 1 N–H and O–H groups in total. The zero-order valence-corrected chi connectivity index (χ0v) is 16.3. The van der Waals surface area contributed by atoms with E-state index in [1.165, 1.54) is 0 Å². The molecule has 6 heteroatoms. The zero-order chi connectivity index (χ0) is 17.5. The Morgan fingerprint density at radius 2 is 1.79 bits per heavy atom. The molecule has 24 heavy (non-hydrogen) atoms. The van der Waals surface area contributed by atoms with Crippen molar-refractivity contribution in [2.24, 2.45) is 0 Å². The van der Waals surface area contributed by atoms with Crippen molar-refractivity contribution >= 4 is 21.8 Å². The summed E-state index contributed by atoms with van der Waals surface area (Å²) in [4.78, 5) is 14.6. The van der Waals surface area contributed by atoms with Crippen molar-refractivity contribution in [2.45, 2.75) is 39.2 Å². The van der Waals surface area contributed by atoms with Crippen molar-refractivity contribution in [3.8, 4) is 11.5 Å². The summed E-state index contributed by atoms with van der Waals surface area (Å²) in [7, 11) is 1.98. The number of carbonyl (C=O) groups is 1. The van der Waals surface area contributed by atoms with E-state index in [2.05, 4.69) is 21.2 Å². The van der Waals surface area contributed by atoms with E-state index in [1.54, 1.807) is 0 Å². The number of carbonyl (C=O) groups excluding carboxylic acids is 1. The molecule has 0 aromatic heterocycles. The van der Waals surface area contributed by atoms with E-state index in [9.17, 15) is 4.79 Å². The number of amides is 1. The van der Waals surface area contributed by atoms with Gasteiger partial charge in [0.15, 0.2) is 11.5 Å². The van der Waals surface area contributed by atoms with Crippen LogP contribution < -0.4 is 14.8 Å². The highest BCUT2D eigenvalue weighted by Crippen LogP contribution is 2.34. The van der Waals surface area contributed by atoms with Gasteiger partial charge in [-0.2, -0.15) is 0 Å². The highest BCUT2D eigenvalue weighted by atomic mass is 79.9. The van der Waals surface area contributed by atoms with Crippen molar-refractivity contribution in [3.05, 3.63) is 22.2 Å². The first-order valence-corrected chi connectivity index (χ1v) is 9.41. The van der Waals surface area contributed by atoms with Crippen molar-refractivity contribution in [3.63, 3.8) is 0 Å². The second-order valence-electron chi connectivity index (χ2n) is 5.88. The van der Waals surface area contributed by atoms with Crippen LogP contribution >= 0.6 is 15.9 Å². The number of piperidine rings is 1. The molecule has 5 nitrogen and oxygen atoms in total. The van der Waals surface area contributed by atoms with Crippen LogP contribution in [0.5, 0.6) is 11.5 Å². The lowest BCUT2D eigenvalue weighted by Crippen LogP contribution is -2.44. The van der Waals surface area contributed by atoms with Gasteiger partial charge in [0.25, 0.3) is 0 Å². The Morgan fingerprint density at radius 1 is 1.21 bits per heavy atom. The molecule has 0 bridgehead atoms. The van der Waals surface area contributed by atoms with E-state index in [4.69, 9.17) is 9.47 Å². The number of halogens is 1. The van der Waals surface area contributed by atoms with E-state index < -0.39 is 0 Å². The van der Waals surface area contributed by atoms with Crippen LogP contribution in [0.25, 0.3) is 0 Å². The van der Waals surface area contributed by atoms with Crippen LogP contribution in [0.15, 0.2) is 16.6 Å². The molecule has 0 saturated carbocycles. The number of benzene rings is 1. The highest BCUT2D eigenvalue weighted by Gasteiger charge is 2.23. The van der Waals surface area contributed by atoms with Crippen LogP contribution in [-0.4, -0.2) is 50.2 Å². The van der Waals surface area contributed by atoms with Gasteiger partial charge in [-0.15, -0.1) is 0 Å². The fourth-order valence-electron chi connectivity index (χ4n) is 2.94. The molecule has 0 atom stereocenters. The zero-order valence-electron chi connectivity index (χ0n) is 14.7. The first-order valence-electron chi connectivity index (χ1n) is 8.62. The van der Waals surface area contributed by atoms with Gasteiger partial charge in [0.2, 0.25) is 5.91 Å². The van der Waals surface area contributed by atoms with Gasteiger partial charge < -0.3 is 19.7 Å². The summed E-state index contributed by atoms with van der Waals surface area (Å²) in [6.45, 7) is 6.65. The van der Waals surface area contributed by atoms with Crippen LogP contribution in [0, 0.1) is 0 Å². The van der Waals surface area contributed by atoms with Crippen LogP contribution in [0.2, 0.25) is 0 Å². The van der Waals surface area contributed by atoms with Gasteiger partial charge in [0, 0.05) is 23.6 Å². The Kier molecular flexibility index (Phi) is 7.37. The average molecular weight is 399 g/mol. The first-order chi connectivity index (χ1) is 11.6. The molecule has 0 aliphatic carbocycles. The number of hydrogen-bond donors (Lipinski definition) is 1. The lowest BCUT2D eigenvalue weighted by Gasteiger charge is -2.32. The summed E-state index contributed by atoms with van der Waals surface area (Å²) in [5.41, 5.74) is 0.933. The van der Waals surface area contributed by atoms with E-state index in [0.29, 0.717) is 37.2 Å². The summed E-state index contributed by atoms with van der Waals surface area (Å²) in [6, 6.07) is 4.33. The second-order valence-corrected chi connectivity index (χ2v) is 6.73. The molecule has 1 amide bonds. The standard InChI is InChI=1S/C18H27BrN2O3/c1-4-23-16-10-13(15(19)12-17(16)24-5-2)11-18(22)21-8-6-14(20-3)7-9-21/h10,12,14,20H,4-9,11H2,1-3H3. The predicted octanol–water partition coefficient (Wildman–Crippen LogP) is 3.00. The fraction of sp³-hybridized carbons (Fsp3) is 0.611. The third-order valence-corrected chi connectivity index (χ3v) is 5.05. The molecule has 0 unspecified atom stereocenters. The van der Waals surface area contributed by atoms with E-state index in [0.717, 1.165) is 36.0 Å². The van der Waals surface area contributed by atoms with Gasteiger partial charge >= 0.3 is 0 Å². The van der Waals surface area contributed by atoms with Gasteiger partial charge in [-0.25, -0.2) is 0 Å². The molecule has 1 aromatic carbocycles. The van der Waals surface area contributed by atoms with Crippen LogP contribution in [-0.2, 0) is 11.2 Å². The minimum atomic E-state index is 0.164. The first kappa shape index (κ1) is 19.1. The molecule has 2 rings (SSSR count). The number of rotatable bonds is 7. The fourth-order valence-corrected chi connectivity index (χ4v) is 3.40. The molecule has 1 heterocycles. The molecule has 1 fully saturated rings. The van der Waals surface area contributed by atoms with Gasteiger partial charge in [-0.05, 0) is 51.4 Å². The molecule has 1 aliphatic rings. The monoisotopic (exact) mass is 398 g/mol. The van der Waals surface area contributed by atoms with E-state index in [-0.39, 0.29) is 5.91 Å². The quantitative estimate of drug-likeness (QED) is 0.766. The topological polar surface area (TPSA) is 50.8 Å². The lowest BCUT2D eigenvalue weighted by molar-refractivity contribution is -0.131. The Balaban J connectivity index is 2.08. The maximum Gasteiger partial charge on any atom is 0.227 e. The second kappa shape index (κ2) is 9.28. The third-order valence-electron chi connectivity index (χ3n) is 4.31. The largest absolute Gasteiger partial charge is 0.490 e. The molecule has 134 valence electrons. The summed E-state index contributed by atoms with van der Waals surface area (Å²) in [5, 5.41) is 3.29. The van der Waals surface area contributed by atoms with Crippen molar-refractivity contribution in [1.82, 2.24) is 10.2 Å². The number of ether oxygens (including phenoxy) is 2. The molecule has 0 spiro atoms. The number of hydrogen-bond acceptors (Lipinski definition) is 4. The Bertz CT molecular complexity index is 557. The van der Waals surface area contributed by atoms with Gasteiger partial charge in [0.05, 0.1) is 19.6 Å². The van der Waals surface area contributed by atoms with Crippen LogP contribution in [0.4, 0.5) is 0 Å². The summed E-state index contributed by atoms with van der Waals surface area (Å²) in [5.74, 6) is 1.56. The molecule has 0 radical (unpaired) electrons. The minimum Gasteiger partial charge on any atom is -0.490 e. The van der Waals surface area contributed by atoms with E-state index in [1.807, 2.05) is 37.9 Å². The number of likely N-dealkylation sites (tertiary alicyclic amines) is 1.